The van der Waals surface area contributed by atoms with Gasteiger partial charge < -0.3 is 16.0 Å². The van der Waals surface area contributed by atoms with Crippen LogP contribution in [0.4, 0.5) is 22.3 Å². The minimum atomic E-state index is -0.0704. The Balaban J connectivity index is 1.40. The Morgan fingerprint density at radius 2 is 1.84 bits per heavy atom. The maximum atomic E-state index is 11.1. The third-order valence-electron chi connectivity index (χ3n) is 4.53. The Morgan fingerprint density at radius 1 is 1.00 bits per heavy atom. The zero-order chi connectivity index (χ0) is 21.6. The standard InChI is InChI=1S/C24H23N5OS/c1-16-4-3-5-20(14-16)28-24-25-13-12-21(29-24)22-10-11-23(31-22)26-15-18-6-8-19(9-7-18)27-17(2)30/h3-14,26H,15H2,1-2H3,(H,27,30)(H,25,28,29). The number of hydrogen-bond donors (Lipinski definition) is 3. The van der Waals surface area contributed by atoms with Crippen LogP contribution in [0.3, 0.4) is 0 Å². The van der Waals surface area contributed by atoms with Crippen LogP contribution in [0, 0.1) is 6.92 Å². The molecule has 1 amide bonds. The Bertz CT molecular complexity index is 1190. The molecule has 0 bridgehead atoms. The van der Waals surface area contributed by atoms with Crippen LogP contribution in [0.15, 0.2) is 72.9 Å². The van der Waals surface area contributed by atoms with E-state index < -0.39 is 0 Å². The Hall–Kier alpha value is -3.71. The molecule has 156 valence electrons. The van der Waals surface area contributed by atoms with Crippen molar-refractivity contribution in [1.82, 2.24) is 9.97 Å². The van der Waals surface area contributed by atoms with Gasteiger partial charge in [0.25, 0.3) is 0 Å². The minimum Gasteiger partial charge on any atom is -0.373 e. The molecule has 7 heteroatoms. The topological polar surface area (TPSA) is 78.9 Å². The van der Waals surface area contributed by atoms with E-state index in [2.05, 4.69) is 57.1 Å². The van der Waals surface area contributed by atoms with E-state index in [4.69, 9.17) is 0 Å². The summed E-state index contributed by atoms with van der Waals surface area (Å²) in [5.41, 5.74) is 4.96. The fourth-order valence-corrected chi connectivity index (χ4v) is 3.95. The highest BCUT2D eigenvalue weighted by Gasteiger charge is 2.07. The van der Waals surface area contributed by atoms with E-state index in [1.807, 2.05) is 42.5 Å². The molecule has 4 aromatic rings. The second kappa shape index (κ2) is 9.40. The lowest BCUT2D eigenvalue weighted by Crippen LogP contribution is -2.05. The second-order valence-corrected chi connectivity index (χ2v) is 8.24. The largest absolute Gasteiger partial charge is 0.373 e. The molecule has 0 aliphatic carbocycles. The van der Waals surface area contributed by atoms with Gasteiger partial charge in [0.2, 0.25) is 11.9 Å². The highest BCUT2D eigenvalue weighted by atomic mass is 32.1. The maximum absolute atomic E-state index is 11.1. The van der Waals surface area contributed by atoms with Crippen molar-refractivity contribution in [2.24, 2.45) is 0 Å². The van der Waals surface area contributed by atoms with E-state index in [-0.39, 0.29) is 5.91 Å². The van der Waals surface area contributed by atoms with Crippen LogP contribution >= 0.6 is 11.3 Å². The number of nitrogens with zero attached hydrogens (tertiary/aromatic N) is 2. The van der Waals surface area contributed by atoms with Gasteiger partial charge in [-0.3, -0.25) is 4.79 Å². The highest BCUT2D eigenvalue weighted by molar-refractivity contribution is 7.19. The first-order chi connectivity index (χ1) is 15.0. The zero-order valence-electron chi connectivity index (χ0n) is 17.3. The van der Waals surface area contributed by atoms with E-state index >= 15 is 0 Å². The molecule has 2 aromatic heterocycles. The van der Waals surface area contributed by atoms with Gasteiger partial charge in [-0.1, -0.05) is 24.3 Å². The SMILES string of the molecule is CC(=O)Nc1ccc(CNc2ccc(-c3ccnc(Nc4cccc(C)c4)n3)s2)cc1. The summed E-state index contributed by atoms with van der Waals surface area (Å²) in [6.07, 6.45) is 1.77. The summed E-state index contributed by atoms with van der Waals surface area (Å²) in [6, 6.07) is 22.0. The number of carbonyl (C=O) groups excluding carboxylic acids is 1. The predicted octanol–water partition coefficient (Wildman–Crippen LogP) is 5.83. The summed E-state index contributed by atoms with van der Waals surface area (Å²) in [4.78, 5) is 21.2. The number of carbonyl (C=O) groups is 1. The molecular weight excluding hydrogens is 406 g/mol. The first kappa shape index (κ1) is 20.6. The lowest BCUT2D eigenvalue weighted by Gasteiger charge is -2.07. The third-order valence-corrected chi connectivity index (χ3v) is 5.59. The Morgan fingerprint density at radius 3 is 2.61 bits per heavy atom. The van der Waals surface area contributed by atoms with Crippen molar-refractivity contribution in [3.05, 3.63) is 84.1 Å². The molecule has 0 spiro atoms. The van der Waals surface area contributed by atoms with Crippen molar-refractivity contribution in [1.29, 1.82) is 0 Å². The summed E-state index contributed by atoms with van der Waals surface area (Å²) >= 11 is 1.65. The van der Waals surface area contributed by atoms with Crippen LogP contribution in [0.2, 0.25) is 0 Å². The van der Waals surface area contributed by atoms with Gasteiger partial charge in [0.15, 0.2) is 0 Å². The van der Waals surface area contributed by atoms with Crippen molar-refractivity contribution >= 4 is 39.6 Å². The number of aryl methyl sites for hydroxylation is 1. The fraction of sp³-hybridized carbons (Fsp3) is 0.125. The molecule has 6 nitrogen and oxygen atoms in total. The van der Waals surface area contributed by atoms with Gasteiger partial charge in [-0.2, -0.15) is 0 Å². The molecule has 0 unspecified atom stereocenters. The number of thiophene rings is 1. The lowest BCUT2D eigenvalue weighted by molar-refractivity contribution is -0.114. The summed E-state index contributed by atoms with van der Waals surface area (Å²) in [6.45, 7) is 4.26. The first-order valence-corrected chi connectivity index (χ1v) is 10.7. The molecule has 4 rings (SSSR count). The Labute approximate surface area is 185 Å². The molecular formula is C24H23N5OS. The van der Waals surface area contributed by atoms with Gasteiger partial charge in [0.05, 0.1) is 15.6 Å². The minimum absolute atomic E-state index is 0.0704. The summed E-state index contributed by atoms with van der Waals surface area (Å²) in [5.74, 6) is 0.504. The molecule has 0 atom stereocenters. The molecule has 0 aliphatic heterocycles. The lowest BCUT2D eigenvalue weighted by atomic mass is 10.2. The third kappa shape index (κ3) is 5.67. The first-order valence-electron chi connectivity index (χ1n) is 9.92. The van der Waals surface area contributed by atoms with Crippen molar-refractivity contribution in [3.63, 3.8) is 0 Å². The highest BCUT2D eigenvalue weighted by Crippen LogP contribution is 2.31. The van der Waals surface area contributed by atoms with E-state index in [9.17, 15) is 4.79 Å². The van der Waals surface area contributed by atoms with Crippen molar-refractivity contribution in [3.8, 4) is 10.6 Å². The van der Waals surface area contributed by atoms with Gasteiger partial charge in [0.1, 0.15) is 0 Å². The van der Waals surface area contributed by atoms with Gasteiger partial charge in [0, 0.05) is 31.0 Å². The van der Waals surface area contributed by atoms with Gasteiger partial charge >= 0.3 is 0 Å². The predicted molar refractivity (Wildman–Crippen MR) is 128 cm³/mol. The molecule has 0 fully saturated rings. The molecule has 2 aromatic carbocycles. The van der Waals surface area contributed by atoms with Crippen LogP contribution < -0.4 is 16.0 Å². The number of aromatic nitrogens is 2. The van der Waals surface area contributed by atoms with Crippen molar-refractivity contribution < 1.29 is 4.79 Å². The number of nitrogens with one attached hydrogen (secondary N) is 3. The van der Waals surface area contributed by atoms with E-state index in [0.717, 1.165) is 32.5 Å². The van der Waals surface area contributed by atoms with Crippen LogP contribution in [0.25, 0.3) is 10.6 Å². The monoisotopic (exact) mass is 429 g/mol. The summed E-state index contributed by atoms with van der Waals surface area (Å²) in [5, 5.41) is 10.5. The zero-order valence-corrected chi connectivity index (χ0v) is 18.2. The van der Waals surface area contributed by atoms with Crippen LogP contribution in [-0.2, 0) is 11.3 Å². The van der Waals surface area contributed by atoms with E-state index in [1.54, 1.807) is 17.5 Å². The number of amides is 1. The second-order valence-electron chi connectivity index (χ2n) is 7.16. The molecule has 0 saturated carbocycles. The molecule has 0 saturated heterocycles. The molecule has 31 heavy (non-hydrogen) atoms. The van der Waals surface area contributed by atoms with Crippen LogP contribution in [-0.4, -0.2) is 15.9 Å². The number of rotatable bonds is 7. The molecule has 2 heterocycles. The average molecular weight is 430 g/mol. The van der Waals surface area contributed by atoms with Crippen LogP contribution in [0.5, 0.6) is 0 Å². The summed E-state index contributed by atoms with van der Waals surface area (Å²) in [7, 11) is 0. The van der Waals surface area contributed by atoms with E-state index in [0.29, 0.717) is 12.5 Å². The van der Waals surface area contributed by atoms with Crippen molar-refractivity contribution in [2.75, 3.05) is 16.0 Å². The number of hydrogen-bond acceptors (Lipinski definition) is 6. The molecule has 0 aliphatic rings. The van der Waals surface area contributed by atoms with Crippen LogP contribution in [0.1, 0.15) is 18.1 Å². The van der Waals surface area contributed by atoms with E-state index in [1.165, 1.54) is 12.5 Å². The normalized spacial score (nSPS) is 10.5. The average Bonchev–Trinajstić information content (AvgIpc) is 3.22. The molecule has 3 N–H and O–H groups in total. The Kier molecular flexibility index (Phi) is 6.24. The van der Waals surface area contributed by atoms with Gasteiger partial charge in [-0.05, 0) is 60.5 Å². The number of anilines is 4. The van der Waals surface area contributed by atoms with Crippen molar-refractivity contribution in [2.45, 2.75) is 20.4 Å². The smallest absolute Gasteiger partial charge is 0.227 e. The van der Waals surface area contributed by atoms with Gasteiger partial charge in [-0.25, -0.2) is 9.97 Å². The fourth-order valence-electron chi connectivity index (χ4n) is 3.08. The maximum Gasteiger partial charge on any atom is 0.227 e. The number of benzene rings is 2. The quantitative estimate of drug-likeness (QED) is 0.345. The summed E-state index contributed by atoms with van der Waals surface area (Å²) < 4.78 is 0. The van der Waals surface area contributed by atoms with Gasteiger partial charge in [-0.15, -0.1) is 11.3 Å². The molecule has 0 radical (unpaired) electrons.